The quantitative estimate of drug-likeness (QED) is 0.551. The largest absolute Gasteiger partial charge is 0.466 e. The van der Waals surface area contributed by atoms with E-state index in [4.69, 9.17) is 4.74 Å². The van der Waals surface area contributed by atoms with E-state index in [-0.39, 0.29) is 18.5 Å². The number of carbonyl (C=O) groups is 1. The van der Waals surface area contributed by atoms with E-state index in [1.807, 2.05) is 4.90 Å². The molecule has 0 aromatic carbocycles. The molecule has 1 heterocycles. The molecule has 0 radical (unpaired) electrons. The average molecular weight is 283 g/mol. The van der Waals surface area contributed by atoms with Gasteiger partial charge in [-0.25, -0.2) is 0 Å². The summed E-state index contributed by atoms with van der Waals surface area (Å²) in [6.45, 7) is 2.64. The van der Waals surface area contributed by atoms with Crippen LogP contribution >= 0.6 is 0 Å². The number of ether oxygens (including phenoxy) is 2. The van der Waals surface area contributed by atoms with E-state index < -0.39 is 12.8 Å². The highest BCUT2D eigenvalue weighted by molar-refractivity contribution is 5.72. The standard InChI is InChI=1S/C12H20F3NO3/c1-2-19-11(17)10-4-3-5-16(8-10)6-7-18-9-12(13,14)15/h10H,2-9H2,1H3. The van der Waals surface area contributed by atoms with Gasteiger partial charge in [-0.1, -0.05) is 0 Å². The Morgan fingerprint density at radius 1 is 1.42 bits per heavy atom. The number of likely N-dealkylation sites (tertiary alicyclic amines) is 1. The molecular formula is C12H20F3NO3. The smallest absolute Gasteiger partial charge is 0.411 e. The highest BCUT2D eigenvalue weighted by Crippen LogP contribution is 2.18. The van der Waals surface area contributed by atoms with Crippen molar-refractivity contribution < 1.29 is 27.4 Å². The third-order valence-corrected chi connectivity index (χ3v) is 2.94. The van der Waals surface area contributed by atoms with Crippen molar-refractivity contribution in [2.45, 2.75) is 25.9 Å². The molecular weight excluding hydrogens is 263 g/mol. The van der Waals surface area contributed by atoms with Crippen LogP contribution in [0.25, 0.3) is 0 Å². The van der Waals surface area contributed by atoms with Crippen molar-refractivity contribution >= 4 is 5.97 Å². The van der Waals surface area contributed by atoms with Crippen molar-refractivity contribution in [3.05, 3.63) is 0 Å². The molecule has 1 rings (SSSR count). The number of piperidine rings is 1. The zero-order valence-electron chi connectivity index (χ0n) is 11.0. The van der Waals surface area contributed by atoms with Gasteiger partial charge in [-0.2, -0.15) is 13.2 Å². The normalized spacial score (nSPS) is 21.4. The van der Waals surface area contributed by atoms with Crippen molar-refractivity contribution in [2.24, 2.45) is 5.92 Å². The molecule has 1 saturated heterocycles. The van der Waals surface area contributed by atoms with Crippen LogP contribution in [0.3, 0.4) is 0 Å². The van der Waals surface area contributed by atoms with Gasteiger partial charge in [-0.3, -0.25) is 4.79 Å². The molecule has 0 aromatic heterocycles. The number of halogens is 3. The summed E-state index contributed by atoms with van der Waals surface area (Å²) in [5.74, 6) is -0.389. The summed E-state index contributed by atoms with van der Waals surface area (Å²) in [5, 5.41) is 0. The van der Waals surface area contributed by atoms with Gasteiger partial charge in [0.15, 0.2) is 0 Å². The Labute approximate surface area is 110 Å². The molecule has 1 fully saturated rings. The molecule has 7 heteroatoms. The van der Waals surface area contributed by atoms with Crippen LogP contribution in [0, 0.1) is 5.92 Å². The van der Waals surface area contributed by atoms with Gasteiger partial charge in [0.2, 0.25) is 0 Å². The third-order valence-electron chi connectivity index (χ3n) is 2.94. The number of alkyl halides is 3. The zero-order valence-corrected chi connectivity index (χ0v) is 11.0. The van der Waals surface area contributed by atoms with Gasteiger partial charge < -0.3 is 14.4 Å². The van der Waals surface area contributed by atoms with Gasteiger partial charge >= 0.3 is 12.1 Å². The second-order valence-corrected chi connectivity index (χ2v) is 4.56. The Bertz CT molecular complexity index is 284. The first-order chi connectivity index (χ1) is 8.92. The lowest BCUT2D eigenvalue weighted by atomic mass is 9.98. The van der Waals surface area contributed by atoms with E-state index in [0.29, 0.717) is 19.7 Å². The number of rotatable bonds is 6. The first-order valence-electron chi connectivity index (χ1n) is 6.46. The maximum atomic E-state index is 11.9. The van der Waals surface area contributed by atoms with Gasteiger partial charge in [0.05, 0.1) is 19.1 Å². The van der Waals surface area contributed by atoms with Crippen LogP contribution < -0.4 is 0 Å². The van der Waals surface area contributed by atoms with Crippen LogP contribution in [0.5, 0.6) is 0 Å². The van der Waals surface area contributed by atoms with Crippen LogP contribution in [-0.4, -0.2) is 56.5 Å². The minimum absolute atomic E-state index is 0.0229. The van der Waals surface area contributed by atoms with Crippen LogP contribution in [0.4, 0.5) is 13.2 Å². The second-order valence-electron chi connectivity index (χ2n) is 4.56. The number of hydrogen-bond donors (Lipinski definition) is 0. The second kappa shape index (κ2) is 7.69. The molecule has 19 heavy (non-hydrogen) atoms. The van der Waals surface area contributed by atoms with Gasteiger partial charge in [-0.05, 0) is 26.3 Å². The molecule has 0 bridgehead atoms. The minimum Gasteiger partial charge on any atom is -0.466 e. The van der Waals surface area contributed by atoms with Gasteiger partial charge in [0, 0.05) is 13.1 Å². The molecule has 1 aliphatic rings. The Balaban J connectivity index is 2.22. The molecule has 1 aliphatic heterocycles. The number of hydrogen-bond acceptors (Lipinski definition) is 4. The molecule has 0 amide bonds. The highest BCUT2D eigenvalue weighted by atomic mass is 19.4. The molecule has 1 unspecified atom stereocenters. The molecule has 0 aliphatic carbocycles. The molecule has 1 atom stereocenters. The summed E-state index contributed by atoms with van der Waals surface area (Å²) in [4.78, 5) is 13.5. The molecule has 0 N–H and O–H groups in total. The zero-order chi connectivity index (χ0) is 14.3. The van der Waals surface area contributed by atoms with Crippen molar-refractivity contribution in [1.82, 2.24) is 4.90 Å². The lowest BCUT2D eigenvalue weighted by molar-refractivity contribution is -0.174. The highest BCUT2D eigenvalue weighted by Gasteiger charge is 2.28. The Morgan fingerprint density at radius 3 is 2.79 bits per heavy atom. The number of esters is 1. The Hall–Kier alpha value is -0.820. The van der Waals surface area contributed by atoms with Crippen LogP contribution in [0.2, 0.25) is 0 Å². The molecule has 4 nitrogen and oxygen atoms in total. The van der Waals surface area contributed by atoms with E-state index in [1.54, 1.807) is 6.92 Å². The summed E-state index contributed by atoms with van der Waals surface area (Å²) < 4.78 is 45.1. The van der Waals surface area contributed by atoms with Crippen LogP contribution in [-0.2, 0) is 14.3 Å². The average Bonchev–Trinajstić information content (AvgIpc) is 2.34. The van der Waals surface area contributed by atoms with Crippen molar-refractivity contribution in [2.75, 3.05) is 39.5 Å². The molecule has 0 aromatic rings. The van der Waals surface area contributed by atoms with E-state index in [0.717, 1.165) is 19.4 Å². The van der Waals surface area contributed by atoms with Gasteiger partial charge in [-0.15, -0.1) is 0 Å². The first kappa shape index (κ1) is 16.2. The van der Waals surface area contributed by atoms with E-state index in [9.17, 15) is 18.0 Å². The van der Waals surface area contributed by atoms with E-state index in [2.05, 4.69) is 4.74 Å². The fourth-order valence-corrected chi connectivity index (χ4v) is 2.09. The SMILES string of the molecule is CCOC(=O)C1CCCN(CCOCC(F)(F)F)C1. The van der Waals surface area contributed by atoms with Gasteiger partial charge in [0.1, 0.15) is 6.61 Å². The van der Waals surface area contributed by atoms with E-state index in [1.165, 1.54) is 0 Å². The van der Waals surface area contributed by atoms with Crippen molar-refractivity contribution in [3.8, 4) is 0 Å². The Morgan fingerprint density at radius 2 is 2.16 bits per heavy atom. The summed E-state index contributed by atoms with van der Waals surface area (Å²) >= 11 is 0. The summed E-state index contributed by atoms with van der Waals surface area (Å²) in [5.41, 5.74) is 0. The lowest BCUT2D eigenvalue weighted by Gasteiger charge is -2.31. The summed E-state index contributed by atoms with van der Waals surface area (Å²) in [6.07, 6.45) is -2.66. The predicted octanol–water partition coefficient (Wildman–Crippen LogP) is 1.84. The summed E-state index contributed by atoms with van der Waals surface area (Å²) in [6, 6.07) is 0. The maximum Gasteiger partial charge on any atom is 0.411 e. The fourth-order valence-electron chi connectivity index (χ4n) is 2.09. The van der Waals surface area contributed by atoms with Gasteiger partial charge in [0.25, 0.3) is 0 Å². The molecule has 112 valence electrons. The summed E-state index contributed by atoms with van der Waals surface area (Å²) in [7, 11) is 0. The van der Waals surface area contributed by atoms with Crippen molar-refractivity contribution in [3.63, 3.8) is 0 Å². The third kappa shape index (κ3) is 6.77. The lowest BCUT2D eigenvalue weighted by Crippen LogP contribution is -2.41. The van der Waals surface area contributed by atoms with Crippen molar-refractivity contribution in [1.29, 1.82) is 0 Å². The predicted molar refractivity (Wildman–Crippen MR) is 62.7 cm³/mol. The van der Waals surface area contributed by atoms with Crippen LogP contribution in [0.15, 0.2) is 0 Å². The van der Waals surface area contributed by atoms with E-state index >= 15 is 0 Å². The van der Waals surface area contributed by atoms with Crippen LogP contribution in [0.1, 0.15) is 19.8 Å². The maximum absolute atomic E-state index is 11.9. The topological polar surface area (TPSA) is 38.8 Å². The minimum atomic E-state index is -4.28. The number of carbonyl (C=O) groups excluding carboxylic acids is 1. The molecule has 0 saturated carbocycles. The first-order valence-corrected chi connectivity index (χ1v) is 6.46. The number of nitrogens with zero attached hydrogens (tertiary/aromatic N) is 1. The molecule has 0 spiro atoms. The Kier molecular flexibility index (Phi) is 6.57. The monoisotopic (exact) mass is 283 g/mol. The fraction of sp³-hybridized carbons (Fsp3) is 0.917.